The van der Waals surface area contributed by atoms with E-state index in [0.717, 1.165) is 24.1 Å². The smallest absolute Gasteiger partial charge is 0.271 e. The van der Waals surface area contributed by atoms with Gasteiger partial charge in [0.05, 0.1) is 5.75 Å². The Morgan fingerprint density at radius 1 is 1.36 bits per heavy atom. The van der Waals surface area contributed by atoms with Crippen LogP contribution in [0.3, 0.4) is 0 Å². The first kappa shape index (κ1) is 19.4. The van der Waals surface area contributed by atoms with Crippen LogP contribution in [0.5, 0.6) is 0 Å². The van der Waals surface area contributed by atoms with Crippen molar-refractivity contribution in [2.45, 2.75) is 43.8 Å². The second-order valence-electron chi connectivity index (χ2n) is 6.90. The van der Waals surface area contributed by atoms with Crippen molar-refractivity contribution in [3.05, 3.63) is 44.1 Å². The number of thioether (sulfide) groups is 1. The minimum absolute atomic E-state index is 0.0275. The van der Waals surface area contributed by atoms with Crippen LogP contribution in [0.2, 0.25) is 0 Å². The van der Waals surface area contributed by atoms with E-state index >= 15 is 0 Å². The Bertz CT molecular complexity index is 1120. The molecule has 1 aliphatic rings. The highest BCUT2D eigenvalue weighted by Gasteiger charge is 2.18. The number of rotatable bonds is 5. The highest BCUT2D eigenvalue weighted by Crippen LogP contribution is 2.25. The van der Waals surface area contributed by atoms with E-state index in [2.05, 4.69) is 15.3 Å². The average Bonchev–Trinajstić information content (AvgIpc) is 3.28. The van der Waals surface area contributed by atoms with Crippen LogP contribution in [-0.2, 0) is 4.79 Å². The molecule has 1 amide bonds. The van der Waals surface area contributed by atoms with Gasteiger partial charge >= 0.3 is 0 Å². The first-order chi connectivity index (χ1) is 13.5. The van der Waals surface area contributed by atoms with Crippen molar-refractivity contribution in [1.29, 1.82) is 0 Å². The summed E-state index contributed by atoms with van der Waals surface area (Å²) >= 11 is 7.95. The van der Waals surface area contributed by atoms with Gasteiger partial charge in [0, 0.05) is 11.7 Å². The van der Waals surface area contributed by atoms with Gasteiger partial charge in [0.25, 0.3) is 5.56 Å². The lowest BCUT2D eigenvalue weighted by atomic mass is 10.2. The molecule has 6 nitrogen and oxygen atoms in total. The maximum absolute atomic E-state index is 12.5. The third kappa shape index (κ3) is 4.06. The lowest BCUT2D eigenvalue weighted by molar-refractivity contribution is -0.119. The summed E-state index contributed by atoms with van der Waals surface area (Å²) in [6, 6.07) is 8.20. The molecule has 28 heavy (non-hydrogen) atoms. The van der Waals surface area contributed by atoms with E-state index in [0.29, 0.717) is 19.5 Å². The van der Waals surface area contributed by atoms with E-state index in [1.54, 1.807) is 0 Å². The first-order valence-corrected chi connectivity index (χ1v) is 11.4. The number of aryl methyl sites for hydroxylation is 1. The Morgan fingerprint density at radius 2 is 2.07 bits per heavy atom. The maximum atomic E-state index is 12.5. The third-order valence-corrected chi connectivity index (χ3v) is 7.01. The molecule has 0 radical (unpaired) electrons. The number of H-pyrrole nitrogens is 1. The quantitative estimate of drug-likeness (QED) is 0.362. The van der Waals surface area contributed by atoms with Gasteiger partial charge in [0.15, 0.2) is 14.8 Å². The Balaban J connectivity index is 1.60. The van der Waals surface area contributed by atoms with Crippen molar-refractivity contribution in [1.82, 2.24) is 19.9 Å². The second kappa shape index (κ2) is 8.18. The van der Waals surface area contributed by atoms with Crippen molar-refractivity contribution in [3.63, 3.8) is 0 Å². The van der Waals surface area contributed by atoms with Crippen molar-refractivity contribution >= 4 is 51.6 Å². The summed E-state index contributed by atoms with van der Waals surface area (Å²) in [5.74, 6) is 0.195. The number of hydrogen-bond donors (Lipinski definition) is 2. The average molecular weight is 433 g/mol. The van der Waals surface area contributed by atoms with Crippen LogP contribution in [0.15, 0.2) is 34.2 Å². The van der Waals surface area contributed by atoms with Crippen LogP contribution < -0.4 is 10.9 Å². The Kier molecular flexibility index (Phi) is 5.65. The van der Waals surface area contributed by atoms with Crippen molar-refractivity contribution < 1.29 is 4.79 Å². The second-order valence-corrected chi connectivity index (χ2v) is 9.51. The summed E-state index contributed by atoms with van der Waals surface area (Å²) in [6.45, 7) is 2.02. The van der Waals surface area contributed by atoms with Crippen molar-refractivity contribution in [3.8, 4) is 5.69 Å². The molecule has 1 aliphatic carbocycles. The van der Waals surface area contributed by atoms with Gasteiger partial charge in [-0.05, 0) is 44.1 Å². The Morgan fingerprint density at radius 3 is 2.79 bits per heavy atom. The molecule has 1 fully saturated rings. The van der Waals surface area contributed by atoms with Crippen molar-refractivity contribution in [2.75, 3.05) is 5.75 Å². The molecular weight excluding hydrogens is 412 g/mol. The number of carbonyl (C=O) groups is 1. The number of thiazole rings is 1. The van der Waals surface area contributed by atoms with E-state index < -0.39 is 0 Å². The molecule has 0 spiro atoms. The van der Waals surface area contributed by atoms with Gasteiger partial charge < -0.3 is 10.3 Å². The number of nitrogens with one attached hydrogen (secondary N) is 2. The number of carbonyl (C=O) groups excluding carboxylic acids is 1. The van der Waals surface area contributed by atoms with E-state index in [1.807, 2.05) is 35.8 Å². The number of aromatic nitrogens is 3. The minimum Gasteiger partial charge on any atom is -0.353 e. The molecule has 0 saturated heterocycles. The molecule has 1 aromatic carbocycles. The van der Waals surface area contributed by atoms with E-state index in [-0.39, 0.29) is 23.3 Å². The molecule has 9 heteroatoms. The highest BCUT2D eigenvalue weighted by atomic mass is 32.2. The number of benzene rings is 1. The van der Waals surface area contributed by atoms with E-state index in [1.165, 1.54) is 35.9 Å². The minimum atomic E-state index is -0.231. The third-order valence-electron chi connectivity index (χ3n) is 4.77. The maximum Gasteiger partial charge on any atom is 0.271 e. The molecule has 4 rings (SSSR count). The number of nitrogens with zero attached hydrogens (tertiary/aromatic N) is 2. The number of fused-ring (bicyclic) bond motifs is 1. The summed E-state index contributed by atoms with van der Waals surface area (Å²) < 4.78 is 2.87. The van der Waals surface area contributed by atoms with Gasteiger partial charge in [-0.25, -0.2) is 4.98 Å². The van der Waals surface area contributed by atoms with Gasteiger partial charge in [0.2, 0.25) is 5.91 Å². The summed E-state index contributed by atoms with van der Waals surface area (Å²) in [7, 11) is 0. The molecule has 2 heterocycles. The molecule has 0 atom stereocenters. The largest absolute Gasteiger partial charge is 0.353 e. The standard InChI is InChI=1S/C19H20N4O2S3/c1-11-6-8-13(9-7-11)23-16-15(28-19(23)26)17(25)22-18(21-16)27-10-14(24)20-12-4-2-3-5-12/h6-9,12H,2-5,10H2,1H3,(H,20,24)(H,21,22,25). The summed E-state index contributed by atoms with van der Waals surface area (Å²) in [6.07, 6.45) is 4.43. The monoisotopic (exact) mass is 432 g/mol. The predicted octanol–water partition coefficient (Wildman–Crippen LogP) is 3.96. The number of hydrogen-bond acceptors (Lipinski definition) is 6. The topological polar surface area (TPSA) is 79.8 Å². The molecule has 1 saturated carbocycles. The zero-order valence-corrected chi connectivity index (χ0v) is 17.8. The molecule has 0 unspecified atom stereocenters. The van der Waals surface area contributed by atoms with Crippen LogP contribution in [0.25, 0.3) is 16.0 Å². The fourth-order valence-corrected chi connectivity index (χ4v) is 5.30. The fraction of sp³-hybridized carbons (Fsp3) is 0.368. The number of amides is 1. The molecule has 0 aliphatic heterocycles. The zero-order chi connectivity index (χ0) is 19.7. The van der Waals surface area contributed by atoms with Crippen LogP contribution in [0.1, 0.15) is 31.2 Å². The van der Waals surface area contributed by atoms with Gasteiger partial charge in [-0.15, -0.1) is 0 Å². The van der Waals surface area contributed by atoms with Gasteiger partial charge in [-0.1, -0.05) is 53.6 Å². The zero-order valence-electron chi connectivity index (χ0n) is 15.4. The summed E-state index contributed by atoms with van der Waals surface area (Å²) in [5.41, 5.74) is 2.31. The predicted molar refractivity (Wildman–Crippen MR) is 116 cm³/mol. The highest BCUT2D eigenvalue weighted by molar-refractivity contribution is 7.99. The lowest BCUT2D eigenvalue weighted by Crippen LogP contribution is -2.33. The first-order valence-electron chi connectivity index (χ1n) is 9.16. The van der Waals surface area contributed by atoms with Crippen molar-refractivity contribution in [2.24, 2.45) is 0 Å². The Labute approximate surface area is 175 Å². The summed E-state index contributed by atoms with van der Waals surface area (Å²) in [4.78, 5) is 32.1. The van der Waals surface area contributed by atoms with Crippen LogP contribution >= 0.6 is 35.3 Å². The van der Waals surface area contributed by atoms with Gasteiger partial charge in [-0.3, -0.25) is 14.2 Å². The van der Waals surface area contributed by atoms with Gasteiger partial charge in [0.1, 0.15) is 4.70 Å². The molecule has 0 bridgehead atoms. The summed E-state index contributed by atoms with van der Waals surface area (Å²) in [5, 5.41) is 3.47. The molecular formula is C19H20N4O2S3. The van der Waals surface area contributed by atoms with Crippen LogP contribution in [0, 0.1) is 10.9 Å². The van der Waals surface area contributed by atoms with E-state index in [4.69, 9.17) is 12.2 Å². The van der Waals surface area contributed by atoms with Crippen LogP contribution in [-0.4, -0.2) is 32.2 Å². The number of aromatic amines is 1. The molecule has 2 N–H and O–H groups in total. The fourth-order valence-electron chi connectivity index (χ4n) is 3.36. The lowest BCUT2D eigenvalue weighted by Gasteiger charge is -2.11. The van der Waals surface area contributed by atoms with E-state index in [9.17, 15) is 9.59 Å². The molecule has 3 aromatic rings. The normalized spacial score (nSPS) is 14.6. The molecule has 2 aromatic heterocycles. The van der Waals surface area contributed by atoms with Gasteiger partial charge in [-0.2, -0.15) is 0 Å². The SMILES string of the molecule is Cc1ccc(-n2c(=S)sc3c(=O)[nH]c(SCC(=O)NC4CCCC4)nc32)cc1. The Hall–Kier alpha value is -1.97. The van der Waals surface area contributed by atoms with Crippen LogP contribution in [0.4, 0.5) is 0 Å². The molecule has 146 valence electrons.